The van der Waals surface area contributed by atoms with Gasteiger partial charge in [-0.05, 0) is 49.9 Å². The molecule has 0 bridgehead atoms. The van der Waals surface area contributed by atoms with Gasteiger partial charge in [0.1, 0.15) is 0 Å². The Morgan fingerprint density at radius 1 is 1.44 bits per heavy atom. The second kappa shape index (κ2) is 5.94. The van der Waals surface area contributed by atoms with Gasteiger partial charge in [0.05, 0.1) is 0 Å². The zero-order valence-electron chi connectivity index (χ0n) is 10.5. The zero-order chi connectivity index (χ0) is 13.1. The predicted octanol–water partition coefficient (Wildman–Crippen LogP) is 3.88. The molecule has 1 atom stereocenters. The van der Waals surface area contributed by atoms with Gasteiger partial charge in [-0.1, -0.05) is 11.6 Å². The topological polar surface area (TPSA) is 20.3 Å². The molecule has 0 aromatic heterocycles. The summed E-state index contributed by atoms with van der Waals surface area (Å²) in [6.45, 7) is 2.72. The predicted molar refractivity (Wildman–Crippen MR) is 75.6 cm³/mol. The molecule has 1 aliphatic rings. The molecular formula is C14H17Cl2NO. The average Bonchev–Trinajstić information content (AvgIpc) is 2.38. The van der Waals surface area contributed by atoms with Crippen molar-refractivity contribution in [2.24, 2.45) is 0 Å². The molecule has 0 radical (unpaired) electrons. The molecule has 0 spiro atoms. The van der Waals surface area contributed by atoms with Gasteiger partial charge in [-0.15, -0.1) is 11.6 Å². The van der Waals surface area contributed by atoms with Crippen molar-refractivity contribution in [2.75, 3.05) is 12.4 Å². The number of piperidine rings is 1. The molecule has 2 nitrogen and oxygen atoms in total. The van der Waals surface area contributed by atoms with E-state index in [4.69, 9.17) is 23.2 Å². The van der Waals surface area contributed by atoms with Gasteiger partial charge in [-0.2, -0.15) is 0 Å². The highest BCUT2D eigenvalue weighted by Gasteiger charge is 2.27. The first-order valence-corrected chi connectivity index (χ1v) is 7.18. The molecule has 0 aliphatic carbocycles. The number of carbonyl (C=O) groups is 1. The summed E-state index contributed by atoms with van der Waals surface area (Å²) in [7, 11) is 0. The van der Waals surface area contributed by atoms with Crippen LogP contribution in [0.1, 0.15) is 35.2 Å². The van der Waals surface area contributed by atoms with E-state index in [2.05, 4.69) is 0 Å². The van der Waals surface area contributed by atoms with Crippen molar-refractivity contribution in [2.45, 2.75) is 32.2 Å². The van der Waals surface area contributed by atoms with Crippen molar-refractivity contribution >= 4 is 29.1 Å². The lowest BCUT2D eigenvalue weighted by atomic mass is 10.0. The summed E-state index contributed by atoms with van der Waals surface area (Å²) in [4.78, 5) is 14.4. The Morgan fingerprint density at radius 2 is 2.22 bits per heavy atom. The fourth-order valence-electron chi connectivity index (χ4n) is 2.45. The largest absolute Gasteiger partial charge is 0.334 e. The van der Waals surface area contributed by atoms with Crippen LogP contribution in [0.2, 0.25) is 5.02 Å². The maximum Gasteiger partial charge on any atom is 0.254 e. The minimum Gasteiger partial charge on any atom is -0.334 e. The number of amides is 1. The van der Waals surface area contributed by atoms with Crippen molar-refractivity contribution in [1.29, 1.82) is 0 Å². The lowest BCUT2D eigenvalue weighted by molar-refractivity contribution is 0.0638. The third kappa shape index (κ3) is 2.81. The first-order valence-electron chi connectivity index (χ1n) is 6.26. The van der Waals surface area contributed by atoms with Gasteiger partial charge in [0.2, 0.25) is 0 Å². The summed E-state index contributed by atoms with van der Waals surface area (Å²) < 4.78 is 0. The van der Waals surface area contributed by atoms with Gasteiger partial charge >= 0.3 is 0 Å². The Bertz CT molecular complexity index is 447. The van der Waals surface area contributed by atoms with Crippen LogP contribution in [0.25, 0.3) is 0 Å². The van der Waals surface area contributed by atoms with E-state index in [-0.39, 0.29) is 11.9 Å². The fourth-order valence-corrected chi connectivity index (χ4v) is 3.00. The molecule has 18 heavy (non-hydrogen) atoms. The van der Waals surface area contributed by atoms with Gasteiger partial charge in [0.25, 0.3) is 5.91 Å². The Morgan fingerprint density at radius 3 is 2.89 bits per heavy atom. The fraction of sp³-hybridized carbons (Fsp3) is 0.500. The van der Waals surface area contributed by atoms with Gasteiger partial charge in [-0.25, -0.2) is 0 Å². The van der Waals surface area contributed by atoms with E-state index >= 15 is 0 Å². The van der Waals surface area contributed by atoms with E-state index in [1.54, 1.807) is 12.1 Å². The standard InChI is InChI=1S/C14H17Cl2NO/c1-10-8-11(16)5-6-13(10)14(18)17-7-3-2-4-12(17)9-15/h5-6,8,12H,2-4,7,9H2,1H3. The number of benzene rings is 1. The van der Waals surface area contributed by atoms with Crippen LogP contribution in [0.4, 0.5) is 0 Å². The van der Waals surface area contributed by atoms with Crippen LogP contribution in [-0.2, 0) is 0 Å². The van der Waals surface area contributed by atoms with E-state index < -0.39 is 0 Å². The number of nitrogens with zero attached hydrogens (tertiary/aromatic N) is 1. The second-order valence-corrected chi connectivity index (χ2v) is 5.51. The quantitative estimate of drug-likeness (QED) is 0.755. The molecule has 1 aromatic carbocycles. The first-order chi connectivity index (χ1) is 8.63. The van der Waals surface area contributed by atoms with Crippen molar-refractivity contribution < 1.29 is 4.79 Å². The van der Waals surface area contributed by atoms with Gasteiger partial charge in [0, 0.05) is 29.1 Å². The Labute approximate surface area is 118 Å². The Balaban J connectivity index is 2.24. The molecular weight excluding hydrogens is 269 g/mol. The number of rotatable bonds is 2. The lowest BCUT2D eigenvalue weighted by Gasteiger charge is -2.35. The van der Waals surface area contributed by atoms with Crippen LogP contribution in [0, 0.1) is 6.92 Å². The minimum absolute atomic E-state index is 0.0783. The van der Waals surface area contributed by atoms with E-state index in [1.165, 1.54) is 0 Å². The third-order valence-corrected chi connectivity index (χ3v) is 4.08. The molecule has 4 heteroatoms. The lowest BCUT2D eigenvalue weighted by Crippen LogP contribution is -2.44. The van der Waals surface area contributed by atoms with Gasteiger partial charge in [-0.3, -0.25) is 4.79 Å². The van der Waals surface area contributed by atoms with Crippen LogP contribution in [-0.4, -0.2) is 29.3 Å². The molecule has 2 rings (SSSR count). The van der Waals surface area contributed by atoms with Crippen molar-refractivity contribution in [3.05, 3.63) is 34.3 Å². The van der Waals surface area contributed by atoms with E-state index in [0.29, 0.717) is 10.9 Å². The Kier molecular flexibility index (Phi) is 4.52. The van der Waals surface area contributed by atoms with E-state index in [9.17, 15) is 4.79 Å². The van der Waals surface area contributed by atoms with Crippen LogP contribution >= 0.6 is 23.2 Å². The molecule has 1 saturated heterocycles. The highest BCUT2D eigenvalue weighted by atomic mass is 35.5. The summed E-state index contributed by atoms with van der Waals surface area (Å²) in [5.41, 5.74) is 1.66. The van der Waals surface area contributed by atoms with Crippen molar-refractivity contribution in [3.63, 3.8) is 0 Å². The van der Waals surface area contributed by atoms with Crippen LogP contribution in [0.5, 0.6) is 0 Å². The zero-order valence-corrected chi connectivity index (χ0v) is 12.0. The molecule has 1 unspecified atom stereocenters. The highest BCUT2D eigenvalue weighted by Crippen LogP contribution is 2.23. The summed E-state index contributed by atoms with van der Waals surface area (Å²) >= 11 is 11.9. The Hall–Kier alpha value is -0.730. The monoisotopic (exact) mass is 285 g/mol. The van der Waals surface area contributed by atoms with Gasteiger partial charge < -0.3 is 4.90 Å². The summed E-state index contributed by atoms with van der Waals surface area (Å²) in [5, 5.41) is 0.664. The summed E-state index contributed by atoms with van der Waals surface area (Å²) in [5.74, 6) is 0.591. The molecule has 98 valence electrons. The minimum atomic E-state index is 0.0783. The van der Waals surface area contributed by atoms with Crippen molar-refractivity contribution in [3.8, 4) is 0 Å². The van der Waals surface area contributed by atoms with E-state index in [1.807, 2.05) is 17.9 Å². The number of likely N-dealkylation sites (tertiary alicyclic amines) is 1. The third-order valence-electron chi connectivity index (χ3n) is 3.48. The number of aryl methyl sites for hydroxylation is 1. The molecule has 1 aromatic rings. The number of carbonyl (C=O) groups excluding carboxylic acids is 1. The normalized spacial score (nSPS) is 19.9. The highest BCUT2D eigenvalue weighted by molar-refractivity contribution is 6.30. The molecule has 0 saturated carbocycles. The summed E-state index contributed by atoms with van der Waals surface area (Å²) in [6.07, 6.45) is 3.22. The number of alkyl halides is 1. The van der Waals surface area contributed by atoms with Gasteiger partial charge in [0.15, 0.2) is 0 Å². The van der Waals surface area contributed by atoms with Crippen molar-refractivity contribution in [1.82, 2.24) is 4.90 Å². The SMILES string of the molecule is Cc1cc(Cl)ccc1C(=O)N1CCCCC1CCl. The number of halogens is 2. The molecule has 1 aliphatic heterocycles. The first kappa shape index (κ1) is 13.7. The second-order valence-electron chi connectivity index (χ2n) is 4.76. The number of hydrogen-bond acceptors (Lipinski definition) is 1. The van der Waals surface area contributed by atoms with Crippen LogP contribution in [0.15, 0.2) is 18.2 Å². The smallest absolute Gasteiger partial charge is 0.254 e. The molecule has 1 fully saturated rings. The van der Waals surface area contributed by atoms with E-state index in [0.717, 1.165) is 36.9 Å². The maximum atomic E-state index is 12.5. The molecule has 1 heterocycles. The van der Waals surface area contributed by atoms with Crippen LogP contribution in [0.3, 0.4) is 0 Å². The maximum absolute atomic E-state index is 12.5. The average molecular weight is 286 g/mol. The summed E-state index contributed by atoms with van der Waals surface area (Å²) in [6, 6.07) is 5.57. The molecule has 1 amide bonds. The molecule has 0 N–H and O–H groups in total. The van der Waals surface area contributed by atoms with Crippen LogP contribution < -0.4 is 0 Å². The number of hydrogen-bond donors (Lipinski definition) is 0.